The number of urea groups is 1. The molecule has 0 aliphatic carbocycles. The van der Waals surface area contributed by atoms with Gasteiger partial charge in [0.05, 0.1) is 36.8 Å². The third-order valence-electron chi connectivity index (χ3n) is 10.5. The number of ether oxygens (including phenoxy) is 1. The van der Waals surface area contributed by atoms with E-state index in [1.54, 1.807) is 24.5 Å². The Hall–Kier alpha value is -7.01. The lowest BCUT2D eigenvalue weighted by atomic mass is 10.0. The molecular weight excluding hydrogens is 817 g/mol. The van der Waals surface area contributed by atoms with Crippen LogP contribution in [-0.2, 0) is 43.5 Å². The van der Waals surface area contributed by atoms with Crippen LogP contribution >= 0.6 is 0 Å². The lowest BCUT2D eigenvalue weighted by Gasteiger charge is -2.19. The number of rotatable bonds is 26. The molecule has 0 spiro atoms. The number of fused-ring (bicyclic) bond motifs is 1. The molecule has 17 heteroatoms. The summed E-state index contributed by atoms with van der Waals surface area (Å²) in [4.78, 5) is 86.6. The van der Waals surface area contributed by atoms with Crippen molar-refractivity contribution in [3.8, 4) is 0 Å². The predicted octanol–water partition coefficient (Wildman–Crippen LogP) is 5.08. The zero-order chi connectivity index (χ0) is 45.7. The van der Waals surface area contributed by atoms with E-state index in [1.165, 1.54) is 22.6 Å². The monoisotopic (exact) mass is 874 g/mol. The van der Waals surface area contributed by atoms with E-state index in [-0.39, 0.29) is 49.4 Å². The van der Waals surface area contributed by atoms with Gasteiger partial charge in [0.25, 0.3) is 17.7 Å². The van der Waals surface area contributed by atoms with Gasteiger partial charge < -0.3 is 37.5 Å². The molecule has 2 aliphatic rings. The van der Waals surface area contributed by atoms with Gasteiger partial charge in [-0.05, 0) is 74.1 Å². The molecule has 3 aromatic rings. The third-order valence-corrected chi connectivity index (χ3v) is 10.5. The fraction of sp³-hybridized carbons (Fsp3) is 0.383. The largest absolute Gasteiger partial charge is 0.387 e. The molecule has 2 aliphatic heterocycles. The number of imide groups is 1. The van der Waals surface area contributed by atoms with Crippen molar-refractivity contribution in [2.24, 2.45) is 21.5 Å². The van der Waals surface area contributed by atoms with Crippen molar-refractivity contribution in [1.29, 1.82) is 0 Å². The molecule has 8 N–H and O–H groups in total. The number of anilines is 1. The van der Waals surface area contributed by atoms with Crippen molar-refractivity contribution in [2.75, 3.05) is 31.5 Å². The maximum Gasteiger partial charge on any atom is 0.312 e. The van der Waals surface area contributed by atoms with E-state index in [4.69, 9.17) is 16.2 Å². The smallest absolute Gasteiger partial charge is 0.312 e. The average Bonchev–Trinajstić information content (AvgIpc) is 3.49. The first kappa shape index (κ1) is 48.0. The molecule has 2 aromatic carbocycles. The number of unbranched alkanes of at least 4 members (excludes halogenated alkanes) is 3. The summed E-state index contributed by atoms with van der Waals surface area (Å²) in [5.74, 6) is -0.636. The number of amidine groups is 1. The van der Waals surface area contributed by atoms with Crippen molar-refractivity contribution >= 4 is 65.6 Å². The SMILES string of the molecule is CCCC1=Cc2ccc(C(=O)Nc3cnc(CCNC=O)c(COCc4ccc(C(CCCNC(N)=O)NC(=O)CN=CCCCCCN5C(=O)C=CC5=O)cc4)c3)cc2N=C(N)C1. The Bertz CT molecular complexity index is 2240. The van der Waals surface area contributed by atoms with Crippen LogP contribution in [0.2, 0.25) is 0 Å². The topological polar surface area (TPSA) is 253 Å². The molecule has 1 atom stereocenters. The second-order valence-corrected chi connectivity index (χ2v) is 15.5. The zero-order valence-corrected chi connectivity index (χ0v) is 36.3. The van der Waals surface area contributed by atoms with Crippen LogP contribution < -0.4 is 32.7 Å². The van der Waals surface area contributed by atoms with Crippen LogP contribution in [0.4, 0.5) is 16.2 Å². The Balaban J connectivity index is 1.15. The summed E-state index contributed by atoms with van der Waals surface area (Å²) in [6.07, 6.45) is 15.6. The van der Waals surface area contributed by atoms with E-state index < -0.39 is 6.03 Å². The molecule has 1 unspecified atom stereocenters. The van der Waals surface area contributed by atoms with Gasteiger partial charge in [-0.1, -0.05) is 61.7 Å². The summed E-state index contributed by atoms with van der Waals surface area (Å²) in [6.45, 7) is 3.62. The fourth-order valence-electron chi connectivity index (χ4n) is 7.27. The molecule has 0 bridgehead atoms. The lowest BCUT2D eigenvalue weighted by Crippen LogP contribution is -2.33. The first-order valence-electron chi connectivity index (χ1n) is 21.7. The Morgan fingerprint density at radius 3 is 2.52 bits per heavy atom. The number of hydrogen-bond donors (Lipinski definition) is 6. The highest BCUT2D eigenvalue weighted by Gasteiger charge is 2.22. The molecule has 5 rings (SSSR count). The van der Waals surface area contributed by atoms with E-state index in [0.29, 0.717) is 93.0 Å². The van der Waals surface area contributed by atoms with Crippen molar-refractivity contribution in [2.45, 2.75) is 90.4 Å². The Morgan fingerprint density at radius 1 is 0.969 bits per heavy atom. The maximum atomic E-state index is 13.4. The first-order chi connectivity index (χ1) is 31.0. The van der Waals surface area contributed by atoms with Gasteiger partial charge in [-0.2, -0.15) is 0 Å². The Labute approximate surface area is 373 Å². The van der Waals surface area contributed by atoms with Crippen LogP contribution in [0.15, 0.2) is 82.4 Å². The molecule has 0 saturated heterocycles. The van der Waals surface area contributed by atoms with Crippen molar-refractivity contribution in [3.63, 3.8) is 0 Å². The molecule has 64 heavy (non-hydrogen) atoms. The van der Waals surface area contributed by atoms with Gasteiger partial charge in [0.2, 0.25) is 12.3 Å². The molecule has 1 aromatic heterocycles. The summed E-state index contributed by atoms with van der Waals surface area (Å²) in [5.41, 5.74) is 18.3. The molecule has 3 heterocycles. The summed E-state index contributed by atoms with van der Waals surface area (Å²) >= 11 is 0. The van der Waals surface area contributed by atoms with Gasteiger partial charge in [-0.25, -0.2) is 9.79 Å². The molecule has 7 amide bonds. The van der Waals surface area contributed by atoms with Gasteiger partial charge in [0.1, 0.15) is 12.4 Å². The highest BCUT2D eigenvalue weighted by Crippen LogP contribution is 2.30. The number of aliphatic imine (C=N–C) groups is 2. The van der Waals surface area contributed by atoms with Gasteiger partial charge in [0, 0.05) is 67.0 Å². The van der Waals surface area contributed by atoms with E-state index >= 15 is 0 Å². The van der Waals surface area contributed by atoms with Crippen LogP contribution in [0.25, 0.3) is 6.08 Å². The zero-order valence-electron chi connectivity index (χ0n) is 36.3. The second kappa shape index (κ2) is 25.2. The highest BCUT2D eigenvalue weighted by molar-refractivity contribution is 6.12. The number of nitrogens with two attached hydrogens (primary N) is 2. The Morgan fingerprint density at radius 2 is 1.77 bits per heavy atom. The van der Waals surface area contributed by atoms with Gasteiger partial charge in [0.15, 0.2) is 0 Å². The number of primary amides is 1. The normalized spacial score (nSPS) is 13.8. The molecule has 0 radical (unpaired) electrons. The number of nitrogens with zero attached hydrogens (tertiary/aromatic N) is 4. The van der Waals surface area contributed by atoms with Gasteiger partial charge >= 0.3 is 6.03 Å². The van der Waals surface area contributed by atoms with Gasteiger partial charge in [-0.15, -0.1) is 0 Å². The number of aromatic nitrogens is 1. The van der Waals surface area contributed by atoms with Crippen molar-refractivity contribution in [1.82, 2.24) is 25.8 Å². The third kappa shape index (κ3) is 15.4. The van der Waals surface area contributed by atoms with E-state index in [2.05, 4.69) is 49.2 Å². The van der Waals surface area contributed by atoms with Crippen LogP contribution in [0.1, 0.15) is 109 Å². The number of carbonyl (C=O) groups is 6. The van der Waals surface area contributed by atoms with E-state index in [9.17, 15) is 28.8 Å². The number of hydrogen-bond acceptors (Lipinski definition) is 11. The minimum Gasteiger partial charge on any atom is -0.387 e. The number of nitrogens with one attached hydrogen (secondary N) is 4. The van der Waals surface area contributed by atoms with E-state index in [0.717, 1.165) is 47.9 Å². The van der Waals surface area contributed by atoms with Crippen molar-refractivity contribution in [3.05, 3.63) is 106 Å². The molecule has 338 valence electrons. The van der Waals surface area contributed by atoms with E-state index in [1.807, 2.05) is 36.4 Å². The van der Waals surface area contributed by atoms with Crippen LogP contribution in [-0.4, -0.2) is 84.2 Å². The second-order valence-electron chi connectivity index (χ2n) is 15.5. The number of carbonyl (C=O) groups excluding carboxylic acids is 6. The predicted molar refractivity (Wildman–Crippen MR) is 246 cm³/mol. The molecule has 0 saturated carbocycles. The highest BCUT2D eigenvalue weighted by atomic mass is 16.5. The molecule has 17 nitrogen and oxygen atoms in total. The fourth-order valence-corrected chi connectivity index (χ4v) is 7.27. The minimum absolute atomic E-state index is 0.0479. The first-order valence-corrected chi connectivity index (χ1v) is 21.7. The summed E-state index contributed by atoms with van der Waals surface area (Å²) in [6, 6.07) is 13.9. The quantitative estimate of drug-likeness (QED) is 0.0272. The van der Waals surface area contributed by atoms with Crippen molar-refractivity contribution < 1.29 is 33.5 Å². The number of pyridine rings is 1. The summed E-state index contributed by atoms with van der Waals surface area (Å²) in [7, 11) is 0. The summed E-state index contributed by atoms with van der Waals surface area (Å²) in [5, 5.41) is 11.2. The average molecular weight is 875 g/mol. The van der Waals surface area contributed by atoms with Crippen LogP contribution in [0.3, 0.4) is 0 Å². The standard InChI is InChI=1S/C47H58N10O7/c1-2-8-33-23-35-14-15-36(26-41(35)55-42(48)24-33)46(62)54-38-25-37(39(53-27-38)18-21-51-31-58)30-64-29-32-10-12-34(13-11-32)40(9-7-20-52-47(49)63)56-43(59)28-50-19-5-3-4-6-22-57-44(60)16-17-45(57)61/h10-17,19,23,25-27,31,40H,2-9,18,20-22,24,28-30H2,1H3,(H2,48,55)(H,51,58)(H,54,62)(H,56,59)(H3,49,52,63). The van der Waals surface area contributed by atoms with Crippen LogP contribution in [0, 0.1) is 0 Å². The number of benzene rings is 2. The maximum absolute atomic E-state index is 13.4. The minimum atomic E-state index is -0.618. The lowest BCUT2D eigenvalue weighted by molar-refractivity contribution is -0.136. The number of amides is 7. The molecular formula is C47H58N10O7. The Kier molecular flexibility index (Phi) is 18.9. The van der Waals surface area contributed by atoms with Crippen LogP contribution in [0.5, 0.6) is 0 Å². The molecule has 0 fully saturated rings. The van der Waals surface area contributed by atoms with Gasteiger partial charge in [-0.3, -0.25) is 38.8 Å². The summed E-state index contributed by atoms with van der Waals surface area (Å²) < 4.78 is 6.15.